The zero-order chi connectivity index (χ0) is 18.5. The molecular weight excluding hydrogens is 356 g/mol. The maximum absolute atomic E-state index is 12.4. The van der Waals surface area contributed by atoms with Crippen LogP contribution in [0.5, 0.6) is 5.75 Å². The first-order chi connectivity index (χ1) is 12.6. The maximum atomic E-state index is 12.4. The summed E-state index contributed by atoms with van der Waals surface area (Å²) in [4.78, 5) is 14.1. The van der Waals surface area contributed by atoms with Gasteiger partial charge in [-0.1, -0.05) is 34.9 Å². The van der Waals surface area contributed by atoms with Crippen LogP contribution in [-0.4, -0.2) is 46.8 Å². The topological polar surface area (TPSA) is 85.2 Å². The van der Waals surface area contributed by atoms with Crippen molar-refractivity contribution in [1.82, 2.24) is 20.2 Å². The third-order valence-corrected chi connectivity index (χ3v) is 3.85. The highest BCUT2D eigenvalue weighted by atomic mass is 35.5. The van der Waals surface area contributed by atoms with E-state index in [1.54, 1.807) is 34.8 Å². The summed E-state index contributed by atoms with van der Waals surface area (Å²) in [5, 5.41) is 15.0. The standard InChI is InChI=1S/C17H17ClN6O2/c1-23(17-20-21-22-24(17)13-6-4-3-5-7-13)11-16(25)19-14-10-12(18)8-9-15(14)26-2/h3-10H,11H2,1-2H3,(H,19,25). The number of methoxy groups -OCH3 is 1. The van der Waals surface area contributed by atoms with Crippen molar-refractivity contribution < 1.29 is 9.53 Å². The van der Waals surface area contributed by atoms with Gasteiger partial charge in [-0.25, -0.2) is 0 Å². The molecular formula is C17H17ClN6O2. The summed E-state index contributed by atoms with van der Waals surface area (Å²) in [7, 11) is 3.26. The zero-order valence-corrected chi connectivity index (χ0v) is 15.0. The number of carbonyl (C=O) groups excluding carboxylic acids is 1. The van der Waals surface area contributed by atoms with Gasteiger partial charge in [-0.15, -0.1) is 0 Å². The molecule has 1 heterocycles. The number of likely N-dealkylation sites (N-methyl/N-ethyl adjacent to an activating group) is 1. The number of benzene rings is 2. The van der Waals surface area contributed by atoms with Crippen LogP contribution in [0, 0.1) is 0 Å². The number of carbonyl (C=O) groups is 1. The van der Waals surface area contributed by atoms with Crippen LogP contribution < -0.4 is 15.0 Å². The molecule has 134 valence electrons. The van der Waals surface area contributed by atoms with Crippen molar-refractivity contribution in [2.45, 2.75) is 0 Å². The van der Waals surface area contributed by atoms with E-state index in [4.69, 9.17) is 16.3 Å². The molecule has 0 aliphatic rings. The minimum atomic E-state index is -0.254. The van der Waals surface area contributed by atoms with Gasteiger partial charge in [-0.2, -0.15) is 4.68 Å². The lowest BCUT2D eigenvalue weighted by Crippen LogP contribution is -2.32. The highest BCUT2D eigenvalue weighted by molar-refractivity contribution is 6.31. The Bertz CT molecular complexity index is 899. The van der Waals surface area contributed by atoms with E-state index in [1.165, 1.54) is 7.11 Å². The molecule has 0 aliphatic carbocycles. The molecule has 0 saturated heterocycles. The number of nitrogens with one attached hydrogen (secondary N) is 1. The van der Waals surface area contributed by atoms with Gasteiger partial charge in [0.2, 0.25) is 5.91 Å². The van der Waals surface area contributed by atoms with Crippen molar-refractivity contribution in [3.05, 3.63) is 53.6 Å². The number of hydrogen-bond acceptors (Lipinski definition) is 6. The molecule has 0 unspecified atom stereocenters. The average Bonchev–Trinajstić information content (AvgIpc) is 3.12. The van der Waals surface area contributed by atoms with Crippen molar-refractivity contribution in [1.29, 1.82) is 0 Å². The zero-order valence-electron chi connectivity index (χ0n) is 14.3. The predicted molar refractivity (Wildman–Crippen MR) is 99.1 cm³/mol. The summed E-state index contributed by atoms with van der Waals surface area (Å²) >= 11 is 5.99. The first kappa shape index (κ1) is 17.7. The van der Waals surface area contributed by atoms with E-state index in [2.05, 4.69) is 20.8 Å². The van der Waals surface area contributed by atoms with Crippen molar-refractivity contribution in [3.8, 4) is 11.4 Å². The molecule has 0 spiro atoms. The molecule has 0 atom stereocenters. The quantitative estimate of drug-likeness (QED) is 0.715. The number of ether oxygens (including phenoxy) is 1. The lowest BCUT2D eigenvalue weighted by Gasteiger charge is -2.18. The highest BCUT2D eigenvalue weighted by Gasteiger charge is 2.16. The molecule has 1 N–H and O–H groups in total. The summed E-state index contributed by atoms with van der Waals surface area (Å²) in [6.07, 6.45) is 0. The number of halogens is 1. The maximum Gasteiger partial charge on any atom is 0.250 e. The minimum absolute atomic E-state index is 0.0445. The molecule has 2 aromatic carbocycles. The number of nitrogens with zero attached hydrogens (tertiary/aromatic N) is 5. The normalized spacial score (nSPS) is 10.4. The molecule has 1 aromatic heterocycles. The monoisotopic (exact) mass is 372 g/mol. The summed E-state index contributed by atoms with van der Waals surface area (Å²) < 4.78 is 6.79. The summed E-state index contributed by atoms with van der Waals surface area (Å²) in [5.41, 5.74) is 1.30. The number of rotatable bonds is 6. The Morgan fingerprint density at radius 2 is 2.04 bits per heavy atom. The lowest BCUT2D eigenvalue weighted by molar-refractivity contribution is -0.114. The molecule has 3 rings (SSSR count). The van der Waals surface area contributed by atoms with Gasteiger partial charge in [0, 0.05) is 12.1 Å². The first-order valence-electron chi connectivity index (χ1n) is 7.77. The van der Waals surface area contributed by atoms with Gasteiger partial charge in [0.1, 0.15) is 5.75 Å². The average molecular weight is 373 g/mol. The van der Waals surface area contributed by atoms with Gasteiger partial charge < -0.3 is 15.0 Å². The molecule has 0 saturated carbocycles. The fourth-order valence-corrected chi connectivity index (χ4v) is 2.58. The predicted octanol–water partition coefficient (Wildman–Crippen LogP) is 2.40. The van der Waals surface area contributed by atoms with Gasteiger partial charge in [0.25, 0.3) is 5.95 Å². The molecule has 3 aromatic rings. The number of anilines is 2. The lowest BCUT2D eigenvalue weighted by atomic mass is 10.3. The Morgan fingerprint density at radius 3 is 2.77 bits per heavy atom. The number of aromatic nitrogens is 4. The van der Waals surface area contributed by atoms with Gasteiger partial charge in [-0.05, 0) is 40.8 Å². The summed E-state index contributed by atoms with van der Waals surface area (Å²) in [5.74, 6) is 0.722. The van der Waals surface area contributed by atoms with Gasteiger partial charge >= 0.3 is 0 Å². The Kier molecular flexibility index (Phi) is 5.33. The number of amides is 1. The number of para-hydroxylation sites is 1. The molecule has 0 aliphatic heterocycles. The van der Waals surface area contributed by atoms with Crippen LogP contribution in [0.3, 0.4) is 0 Å². The summed E-state index contributed by atoms with van der Waals surface area (Å²) in [6.45, 7) is 0.0445. The fraction of sp³-hybridized carbons (Fsp3) is 0.176. The molecule has 0 fully saturated rings. The fourth-order valence-electron chi connectivity index (χ4n) is 2.41. The first-order valence-corrected chi connectivity index (χ1v) is 8.14. The summed E-state index contributed by atoms with van der Waals surface area (Å²) in [6, 6.07) is 14.5. The molecule has 8 nitrogen and oxygen atoms in total. The number of hydrogen-bond donors (Lipinski definition) is 1. The van der Waals surface area contributed by atoms with E-state index in [9.17, 15) is 4.79 Å². The van der Waals surface area contributed by atoms with Crippen LogP contribution in [0.1, 0.15) is 0 Å². The molecule has 0 bridgehead atoms. The molecule has 1 amide bonds. The largest absolute Gasteiger partial charge is 0.495 e. The Balaban J connectivity index is 1.73. The van der Waals surface area contributed by atoms with E-state index in [0.29, 0.717) is 22.4 Å². The number of tetrazole rings is 1. The van der Waals surface area contributed by atoms with Crippen LogP contribution in [0.15, 0.2) is 48.5 Å². The third-order valence-electron chi connectivity index (χ3n) is 3.61. The van der Waals surface area contributed by atoms with Crippen molar-refractivity contribution in [3.63, 3.8) is 0 Å². The van der Waals surface area contributed by atoms with Crippen LogP contribution in [0.25, 0.3) is 5.69 Å². The van der Waals surface area contributed by atoms with E-state index in [1.807, 2.05) is 30.3 Å². The Morgan fingerprint density at radius 1 is 1.27 bits per heavy atom. The SMILES string of the molecule is COc1ccc(Cl)cc1NC(=O)CN(C)c1nnnn1-c1ccccc1. The second kappa shape index (κ2) is 7.83. The van der Waals surface area contributed by atoms with Crippen LogP contribution in [0.4, 0.5) is 11.6 Å². The van der Waals surface area contributed by atoms with E-state index in [-0.39, 0.29) is 12.5 Å². The van der Waals surface area contributed by atoms with Crippen molar-refractivity contribution in [2.24, 2.45) is 0 Å². The molecule has 9 heteroatoms. The molecule has 26 heavy (non-hydrogen) atoms. The van der Waals surface area contributed by atoms with Crippen molar-refractivity contribution >= 4 is 29.1 Å². The second-order valence-electron chi connectivity index (χ2n) is 5.48. The Labute approximate surface area is 155 Å². The van der Waals surface area contributed by atoms with E-state index < -0.39 is 0 Å². The van der Waals surface area contributed by atoms with Gasteiger partial charge in [0.15, 0.2) is 0 Å². The van der Waals surface area contributed by atoms with E-state index in [0.717, 1.165) is 5.69 Å². The second-order valence-corrected chi connectivity index (χ2v) is 5.91. The smallest absolute Gasteiger partial charge is 0.250 e. The van der Waals surface area contributed by atoms with Crippen LogP contribution >= 0.6 is 11.6 Å². The van der Waals surface area contributed by atoms with Gasteiger partial charge in [0.05, 0.1) is 25.0 Å². The van der Waals surface area contributed by atoms with E-state index >= 15 is 0 Å². The Hall–Kier alpha value is -3.13. The van der Waals surface area contributed by atoms with Crippen molar-refractivity contribution in [2.75, 3.05) is 30.9 Å². The van der Waals surface area contributed by atoms with Gasteiger partial charge in [-0.3, -0.25) is 4.79 Å². The molecule has 0 radical (unpaired) electrons. The van der Waals surface area contributed by atoms with Crippen LogP contribution in [0.2, 0.25) is 5.02 Å². The minimum Gasteiger partial charge on any atom is -0.495 e. The highest BCUT2D eigenvalue weighted by Crippen LogP contribution is 2.27. The van der Waals surface area contributed by atoms with Crippen LogP contribution in [-0.2, 0) is 4.79 Å². The third kappa shape index (κ3) is 3.92.